The van der Waals surface area contributed by atoms with E-state index < -0.39 is 5.76 Å². The number of methoxy groups -OCH3 is 2. The first kappa shape index (κ1) is 20.2. The summed E-state index contributed by atoms with van der Waals surface area (Å²) < 4.78 is 30.3. The minimum atomic E-state index is -0.561. The molecule has 1 amide bonds. The number of aromatic nitrogens is 1. The maximum absolute atomic E-state index is 13.2. The van der Waals surface area contributed by atoms with Gasteiger partial charge in [0.05, 0.1) is 26.3 Å². The highest BCUT2D eigenvalue weighted by atomic mass is 19.1. The Labute approximate surface area is 176 Å². The van der Waals surface area contributed by atoms with Gasteiger partial charge >= 0.3 is 5.76 Å². The van der Waals surface area contributed by atoms with Crippen molar-refractivity contribution in [3.8, 4) is 11.5 Å². The molecule has 3 aromatic carbocycles. The molecule has 1 N–H and O–H groups in total. The van der Waals surface area contributed by atoms with Crippen molar-refractivity contribution in [3.05, 3.63) is 88.2 Å². The molecule has 4 aromatic rings. The second-order valence-corrected chi connectivity index (χ2v) is 6.82. The third kappa shape index (κ3) is 4.28. The van der Waals surface area contributed by atoms with Gasteiger partial charge in [0.2, 0.25) is 0 Å². The number of amides is 1. The third-order valence-electron chi connectivity index (χ3n) is 4.79. The van der Waals surface area contributed by atoms with Crippen LogP contribution in [0.25, 0.3) is 11.1 Å². The molecule has 0 aliphatic carbocycles. The Morgan fingerprint density at radius 1 is 1.00 bits per heavy atom. The first-order chi connectivity index (χ1) is 15.0. The topological polar surface area (TPSA) is 82.7 Å². The van der Waals surface area contributed by atoms with Gasteiger partial charge in [-0.05, 0) is 35.9 Å². The van der Waals surface area contributed by atoms with Crippen molar-refractivity contribution in [1.82, 2.24) is 4.57 Å². The van der Waals surface area contributed by atoms with Gasteiger partial charge in [-0.3, -0.25) is 9.36 Å². The van der Waals surface area contributed by atoms with Crippen molar-refractivity contribution >= 4 is 22.7 Å². The molecule has 0 unspecified atom stereocenters. The largest absolute Gasteiger partial charge is 0.497 e. The smallest absolute Gasteiger partial charge is 0.420 e. The van der Waals surface area contributed by atoms with Gasteiger partial charge in [-0.2, -0.15) is 0 Å². The second kappa shape index (κ2) is 8.35. The molecular formula is C23H19FN2O5. The Hall–Kier alpha value is -4.07. The number of hydrogen-bond donors (Lipinski definition) is 1. The molecule has 4 rings (SSSR count). The number of ether oxygens (including phenoxy) is 2. The number of carbonyl (C=O) groups is 1. The van der Waals surface area contributed by atoms with Crippen molar-refractivity contribution in [2.75, 3.05) is 19.5 Å². The predicted octanol–water partition coefficient (Wildman–Crippen LogP) is 4.05. The fourth-order valence-corrected chi connectivity index (χ4v) is 3.21. The molecule has 0 radical (unpaired) electrons. The van der Waals surface area contributed by atoms with Crippen LogP contribution in [0.1, 0.15) is 15.9 Å². The number of rotatable bonds is 6. The number of nitrogens with one attached hydrogen (secondary N) is 1. The lowest BCUT2D eigenvalue weighted by molar-refractivity contribution is 0.102. The normalized spacial score (nSPS) is 10.8. The number of oxazole rings is 1. The summed E-state index contributed by atoms with van der Waals surface area (Å²) in [4.78, 5) is 25.1. The zero-order valence-electron chi connectivity index (χ0n) is 16.8. The average Bonchev–Trinajstić information content (AvgIpc) is 3.09. The molecule has 0 saturated carbocycles. The van der Waals surface area contributed by atoms with Crippen LogP contribution in [0.3, 0.4) is 0 Å². The number of nitrogens with zero attached hydrogens (tertiary/aromatic N) is 1. The maximum atomic E-state index is 13.2. The van der Waals surface area contributed by atoms with Gasteiger partial charge in [-0.15, -0.1) is 0 Å². The molecule has 0 bridgehead atoms. The number of benzene rings is 3. The first-order valence-corrected chi connectivity index (χ1v) is 9.39. The van der Waals surface area contributed by atoms with Crippen molar-refractivity contribution in [2.24, 2.45) is 0 Å². The van der Waals surface area contributed by atoms with Gasteiger partial charge < -0.3 is 19.2 Å². The van der Waals surface area contributed by atoms with Crippen molar-refractivity contribution in [1.29, 1.82) is 0 Å². The van der Waals surface area contributed by atoms with Crippen LogP contribution in [0.4, 0.5) is 10.1 Å². The van der Waals surface area contributed by atoms with E-state index in [2.05, 4.69) is 5.32 Å². The summed E-state index contributed by atoms with van der Waals surface area (Å²) in [6.07, 6.45) is 0. The van der Waals surface area contributed by atoms with E-state index in [4.69, 9.17) is 13.9 Å². The average molecular weight is 422 g/mol. The number of fused-ring (bicyclic) bond motifs is 1. The van der Waals surface area contributed by atoms with Crippen molar-refractivity contribution < 1.29 is 23.1 Å². The van der Waals surface area contributed by atoms with Crippen LogP contribution in [-0.4, -0.2) is 24.7 Å². The van der Waals surface area contributed by atoms with E-state index in [-0.39, 0.29) is 18.3 Å². The molecule has 0 aliphatic heterocycles. The highest BCUT2D eigenvalue weighted by molar-refractivity contribution is 6.06. The minimum Gasteiger partial charge on any atom is -0.497 e. The second-order valence-electron chi connectivity index (χ2n) is 6.82. The highest BCUT2D eigenvalue weighted by Gasteiger charge is 2.14. The van der Waals surface area contributed by atoms with Crippen LogP contribution in [-0.2, 0) is 6.54 Å². The van der Waals surface area contributed by atoms with E-state index in [1.165, 1.54) is 30.9 Å². The standard InChI is InChI=1S/C23H19FN2O5/c1-29-18-10-17(11-19(12-18)30-2)25-22(27)15-5-8-21-20(9-15)26(23(28)31-21)13-14-3-6-16(24)7-4-14/h3-12H,13H2,1-2H3,(H,25,27). The fraction of sp³-hybridized carbons (Fsp3) is 0.130. The minimum absolute atomic E-state index is 0.185. The Balaban J connectivity index is 1.65. The number of carbonyl (C=O) groups excluding carboxylic acids is 1. The van der Waals surface area contributed by atoms with E-state index in [9.17, 15) is 14.0 Å². The zero-order valence-corrected chi connectivity index (χ0v) is 16.8. The van der Waals surface area contributed by atoms with Gasteiger partial charge in [0, 0.05) is 29.4 Å². The molecule has 31 heavy (non-hydrogen) atoms. The van der Waals surface area contributed by atoms with E-state index >= 15 is 0 Å². The Kier molecular flexibility index (Phi) is 5.44. The predicted molar refractivity (Wildman–Crippen MR) is 113 cm³/mol. The summed E-state index contributed by atoms with van der Waals surface area (Å²) in [5.74, 6) is -0.226. The Bertz CT molecular complexity index is 1290. The van der Waals surface area contributed by atoms with Crippen LogP contribution in [0.2, 0.25) is 0 Å². The molecule has 158 valence electrons. The summed E-state index contributed by atoms with van der Waals surface area (Å²) in [7, 11) is 3.04. The first-order valence-electron chi connectivity index (χ1n) is 9.39. The van der Waals surface area contributed by atoms with Crippen LogP contribution in [0, 0.1) is 5.82 Å². The van der Waals surface area contributed by atoms with Crippen LogP contribution >= 0.6 is 0 Å². The lowest BCUT2D eigenvalue weighted by atomic mass is 10.1. The molecular weight excluding hydrogens is 403 g/mol. The lowest BCUT2D eigenvalue weighted by Crippen LogP contribution is -2.15. The number of hydrogen-bond acceptors (Lipinski definition) is 5. The van der Waals surface area contributed by atoms with E-state index in [1.54, 1.807) is 48.5 Å². The maximum Gasteiger partial charge on any atom is 0.420 e. The molecule has 0 spiro atoms. The molecule has 0 aliphatic rings. The highest BCUT2D eigenvalue weighted by Crippen LogP contribution is 2.26. The SMILES string of the molecule is COc1cc(NC(=O)c2ccc3oc(=O)n(Cc4ccc(F)cc4)c3c2)cc(OC)c1. The Morgan fingerprint density at radius 3 is 2.32 bits per heavy atom. The van der Waals surface area contributed by atoms with Crippen molar-refractivity contribution in [3.63, 3.8) is 0 Å². The van der Waals surface area contributed by atoms with Gasteiger partial charge in [-0.25, -0.2) is 9.18 Å². The fourth-order valence-electron chi connectivity index (χ4n) is 3.21. The molecule has 0 saturated heterocycles. The van der Waals surface area contributed by atoms with Crippen LogP contribution in [0.5, 0.6) is 11.5 Å². The number of halogens is 1. The monoisotopic (exact) mass is 422 g/mol. The van der Waals surface area contributed by atoms with Crippen molar-refractivity contribution in [2.45, 2.75) is 6.54 Å². The third-order valence-corrected chi connectivity index (χ3v) is 4.79. The summed E-state index contributed by atoms with van der Waals surface area (Å²) in [5.41, 5.74) is 2.38. The lowest BCUT2D eigenvalue weighted by Gasteiger charge is -2.10. The molecule has 8 heteroatoms. The van der Waals surface area contributed by atoms with Gasteiger partial charge in [0.25, 0.3) is 5.91 Å². The Morgan fingerprint density at radius 2 is 1.68 bits per heavy atom. The van der Waals surface area contributed by atoms with Crippen LogP contribution < -0.4 is 20.5 Å². The summed E-state index contributed by atoms with van der Waals surface area (Å²) in [6, 6.07) is 15.6. The van der Waals surface area contributed by atoms with E-state index in [0.29, 0.717) is 33.8 Å². The van der Waals surface area contributed by atoms with Gasteiger partial charge in [0.1, 0.15) is 17.3 Å². The van der Waals surface area contributed by atoms with Gasteiger partial charge in [-0.1, -0.05) is 12.1 Å². The number of anilines is 1. The van der Waals surface area contributed by atoms with E-state index in [1.807, 2.05) is 0 Å². The molecule has 7 nitrogen and oxygen atoms in total. The van der Waals surface area contributed by atoms with Crippen LogP contribution in [0.15, 0.2) is 69.9 Å². The molecule has 1 aromatic heterocycles. The quantitative estimate of drug-likeness (QED) is 0.507. The summed E-state index contributed by atoms with van der Waals surface area (Å²) in [6.45, 7) is 0.185. The van der Waals surface area contributed by atoms with E-state index in [0.717, 1.165) is 5.56 Å². The molecule has 0 atom stereocenters. The zero-order chi connectivity index (χ0) is 22.0. The molecule has 1 heterocycles. The molecule has 0 fully saturated rings. The summed E-state index contributed by atoms with van der Waals surface area (Å²) in [5, 5.41) is 2.80. The van der Waals surface area contributed by atoms with Gasteiger partial charge in [0.15, 0.2) is 5.58 Å². The summed E-state index contributed by atoms with van der Waals surface area (Å²) >= 11 is 0.